The number of hydrogen-bond donors (Lipinski definition) is 0. The van der Waals surface area contributed by atoms with Gasteiger partial charge in [0, 0.05) is 6.42 Å². The molecule has 0 unspecified atom stereocenters. The number of carbonyl (C=O) groups excluding carboxylic acids is 1. The van der Waals surface area contributed by atoms with Gasteiger partial charge in [0.05, 0.1) is 6.54 Å². The zero-order valence-electron chi connectivity index (χ0n) is 9.00. The number of ketones is 1. The zero-order chi connectivity index (χ0) is 10.2. The Bertz CT molecular complexity index is 189. The van der Waals surface area contributed by atoms with Gasteiger partial charge in [-0.2, -0.15) is 0 Å². The molecule has 1 rings (SSSR count). The summed E-state index contributed by atoms with van der Waals surface area (Å²) in [6, 6.07) is 0. The largest absolute Gasteiger partial charge is 0.298 e. The van der Waals surface area contributed by atoms with Gasteiger partial charge in [0.15, 0.2) is 0 Å². The molecule has 1 saturated heterocycles. The van der Waals surface area contributed by atoms with E-state index in [1.165, 1.54) is 19.3 Å². The Morgan fingerprint density at radius 2 is 2.21 bits per heavy atom. The molecule has 0 N–H and O–H groups in total. The lowest BCUT2D eigenvalue weighted by Crippen LogP contribution is -2.36. The molecule has 0 radical (unpaired) electrons. The molecule has 0 aliphatic carbocycles. The third-order valence-electron chi connectivity index (χ3n) is 2.71. The number of hydrogen-bond acceptors (Lipinski definition) is 2. The van der Waals surface area contributed by atoms with Crippen LogP contribution < -0.4 is 0 Å². The minimum absolute atomic E-state index is 0.419. The summed E-state index contributed by atoms with van der Waals surface area (Å²) in [4.78, 5) is 13.4. The summed E-state index contributed by atoms with van der Waals surface area (Å²) in [6.07, 6.45) is 8.69. The molecule has 0 aromatic carbocycles. The predicted octanol–water partition coefficient (Wildman–Crippen LogP) is 2.40. The molecular weight excluding hydrogens is 174 g/mol. The van der Waals surface area contributed by atoms with Crippen LogP contribution in [0, 0.1) is 0 Å². The SMILES string of the molecule is C=CCCCCCN1CCCC(=O)C1. The summed E-state index contributed by atoms with van der Waals surface area (Å²) in [5.41, 5.74) is 0. The Morgan fingerprint density at radius 3 is 2.93 bits per heavy atom. The Labute approximate surface area is 87.0 Å². The van der Waals surface area contributed by atoms with Crippen molar-refractivity contribution in [3.63, 3.8) is 0 Å². The van der Waals surface area contributed by atoms with E-state index in [1.54, 1.807) is 0 Å². The van der Waals surface area contributed by atoms with Crippen molar-refractivity contribution in [2.75, 3.05) is 19.6 Å². The Morgan fingerprint density at radius 1 is 1.36 bits per heavy atom. The highest BCUT2D eigenvalue weighted by molar-refractivity contribution is 5.81. The van der Waals surface area contributed by atoms with Crippen molar-refractivity contribution in [1.82, 2.24) is 4.90 Å². The average molecular weight is 195 g/mol. The number of piperidine rings is 1. The maximum absolute atomic E-state index is 11.2. The normalized spacial score (nSPS) is 18.4. The first-order valence-electron chi connectivity index (χ1n) is 5.68. The molecule has 1 aliphatic heterocycles. The number of allylic oxidation sites excluding steroid dienone is 1. The minimum atomic E-state index is 0.419. The van der Waals surface area contributed by atoms with E-state index in [-0.39, 0.29) is 0 Å². The van der Waals surface area contributed by atoms with Gasteiger partial charge < -0.3 is 0 Å². The summed E-state index contributed by atoms with van der Waals surface area (Å²) >= 11 is 0. The molecule has 2 heteroatoms. The molecule has 0 amide bonds. The lowest BCUT2D eigenvalue weighted by molar-refractivity contribution is -0.122. The van der Waals surface area contributed by atoms with Gasteiger partial charge >= 0.3 is 0 Å². The van der Waals surface area contributed by atoms with Crippen molar-refractivity contribution in [3.05, 3.63) is 12.7 Å². The molecule has 1 aliphatic rings. The smallest absolute Gasteiger partial charge is 0.146 e. The second-order valence-electron chi connectivity index (χ2n) is 4.06. The highest BCUT2D eigenvalue weighted by atomic mass is 16.1. The van der Waals surface area contributed by atoms with E-state index in [2.05, 4.69) is 11.5 Å². The summed E-state index contributed by atoms with van der Waals surface area (Å²) < 4.78 is 0. The fourth-order valence-corrected chi connectivity index (χ4v) is 1.90. The molecule has 1 heterocycles. The van der Waals surface area contributed by atoms with E-state index in [4.69, 9.17) is 0 Å². The molecule has 2 nitrogen and oxygen atoms in total. The van der Waals surface area contributed by atoms with Crippen LogP contribution in [0.5, 0.6) is 0 Å². The van der Waals surface area contributed by atoms with E-state index >= 15 is 0 Å². The third kappa shape index (κ3) is 4.56. The van der Waals surface area contributed by atoms with E-state index in [9.17, 15) is 4.79 Å². The van der Waals surface area contributed by atoms with Gasteiger partial charge in [-0.3, -0.25) is 9.69 Å². The van der Waals surface area contributed by atoms with Gasteiger partial charge in [0.25, 0.3) is 0 Å². The van der Waals surface area contributed by atoms with Gasteiger partial charge in [0.2, 0.25) is 0 Å². The zero-order valence-corrected chi connectivity index (χ0v) is 9.00. The van der Waals surface area contributed by atoms with Crippen molar-refractivity contribution in [2.45, 2.75) is 38.5 Å². The standard InChI is InChI=1S/C12H21NO/c1-2-3-4-5-6-9-13-10-7-8-12(14)11-13/h2H,1,3-11H2. The van der Waals surface area contributed by atoms with Crippen LogP contribution in [0.4, 0.5) is 0 Å². The van der Waals surface area contributed by atoms with Crippen molar-refractivity contribution in [1.29, 1.82) is 0 Å². The predicted molar refractivity (Wildman–Crippen MR) is 59.3 cm³/mol. The monoisotopic (exact) mass is 195 g/mol. The quantitative estimate of drug-likeness (QED) is 0.479. The van der Waals surface area contributed by atoms with Gasteiger partial charge in [-0.15, -0.1) is 6.58 Å². The highest BCUT2D eigenvalue weighted by Gasteiger charge is 2.15. The van der Waals surface area contributed by atoms with Gasteiger partial charge in [0.1, 0.15) is 5.78 Å². The number of carbonyl (C=O) groups is 1. The van der Waals surface area contributed by atoms with E-state index in [0.29, 0.717) is 12.3 Å². The highest BCUT2D eigenvalue weighted by Crippen LogP contribution is 2.08. The van der Waals surface area contributed by atoms with Crippen LogP contribution in [0.25, 0.3) is 0 Å². The molecule has 0 aromatic rings. The third-order valence-corrected chi connectivity index (χ3v) is 2.71. The fraction of sp³-hybridized carbons (Fsp3) is 0.750. The van der Waals surface area contributed by atoms with Crippen molar-refractivity contribution >= 4 is 5.78 Å². The maximum Gasteiger partial charge on any atom is 0.146 e. The van der Waals surface area contributed by atoms with E-state index in [1.807, 2.05) is 6.08 Å². The summed E-state index contributed by atoms with van der Waals surface area (Å²) in [6.45, 7) is 6.62. The Kier molecular flexibility index (Phi) is 5.53. The van der Waals surface area contributed by atoms with Crippen LogP contribution in [0.1, 0.15) is 38.5 Å². The van der Waals surface area contributed by atoms with Crippen molar-refractivity contribution in [3.8, 4) is 0 Å². The van der Waals surface area contributed by atoms with Crippen molar-refractivity contribution in [2.24, 2.45) is 0 Å². The first-order valence-corrected chi connectivity index (χ1v) is 5.68. The van der Waals surface area contributed by atoms with E-state index < -0.39 is 0 Å². The topological polar surface area (TPSA) is 20.3 Å². The molecule has 0 aromatic heterocycles. The molecule has 0 spiro atoms. The number of likely N-dealkylation sites (tertiary alicyclic amines) is 1. The average Bonchev–Trinajstić information content (AvgIpc) is 2.18. The van der Waals surface area contributed by atoms with Crippen LogP contribution in [-0.2, 0) is 4.79 Å². The van der Waals surface area contributed by atoms with Gasteiger partial charge in [-0.1, -0.05) is 12.5 Å². The van der Waals surface area contributed by atoms with Crippen LogP contribution in [-0.4, -0.2) is 30.3 Å². The molecule has 0 saturated carbocycles. The Hall–Kier alpha value is -0.630. The summed E-state index contributed by atoms with van der Waals surface area (Å²) in [5, 5.41) is 0. The summed E-state index contributed by atoms with van der Waals surface area (Å²) in [7, 11) is 0. The van der Waals surface area contributed by atoms with Gasteiger partial charge in [-0.25, -0.2) is 0 Å². The number of Topliss-reactive ketones (excluding diaryl/α,β-unsaturated/α-hetero) is 1. The van der Waals surface area contributed by atoms with E-state index in [0.717, 1.165) is 32.4 Å². The minimum Gasteiger partial charge on any atom is -0.298 e. The maximum atomic E-state index is 11.2. The van der Waals surface area contributed by atoms with Gasteiger partial charge in [-0.05, 0) is 38.8 Å². The van der Waals surface area contributed by atoms with Crippen molar-refractivity contribution < 1.29 is 4.79 Å². The number of rotatable bonds is 6. The van der Waals surface area contributed by atoms with Crippen LogP contribution >= 0.6 is 0 Å². The number of unbranched alkanes of at least 4 members (excludes halogenated alkanes) is 3. The Balaban J connectivity index is 2.00. The van der Waals surface area contributed by atoms with Crippen LogP contribution in [0.2, 0.25) is 0 Å². The lowest BCUT2D eigenvalue weighted by Gasteiger charge is -2.25. The van der Waals surface area contributed by atoms with Crippen LogP contribution in [0.3, 0.4) is 0 Å². The molecule has 80 valence electrons. The number of nitrogens with zero attached hydrogens (tertiary/aromatic N) is 1. The first-order chi connectivity index (χ1) is 6.83. The lowest BCUT2D eigenvalue weighted by atomic mass is 10.1. The fourth-order valence-electron chi connectivity index (χ4n) is 1.90. The molecule has 0 atom stereocenters. The van der Waals surface area contributed by atoms with Crippen LogP contribution in [0.15, 0.2) is 12.7 Å². The second-order valence-corrected chi connectivity index (χ2v) is 4.06. The second kappa shape index (κ2) is 6.77. The first kappa shape index (κ1) is 11.4. The molecule has 0 bridgehead atoms. The molecule has 1 fully saturated rings. The molecular formula is C12H21NO. The summed E-state index contributed by atoms with van der Waals surface area (Å²) in [5.74, 6) is 0.419. The molecule has 14 heavy (non-hydrogen) atoms.